The highest BCUT2D eigenvalue weighted by Gasteiger charge is 2.16. The van der Waals surface area contributed by atoms with Gasteiger partial charge in [-0.2, -0.15) is 0 Å². The van der Waals surface area contributed by atoms with E-state index in [2.05, 4.69) is 0 Å². The molecule has 0 unspecified atom stereocenters. The van der Waals surface area contributed by atoms with Crippen molar-refractivity contribution in [3.05, 3.63) is 83.6 Å². The number of carbonyl (C=O) groups excluding carboxylic acids is 1. The fraction of sp³-hybridized carbons (Fsp3) is 0.227. The molecule has 3 rings (SSSR count). The molecule has 0 aliphatic heterocycles. The highest BCUT2D eigenvalue weighted by atomic mass is 19.1. The van der Waals surface area contributed by atoms with Gasteiger partial charge in [0.05, 0.1) is 0 Å². The summed E-state index contributed by atoms with van der Waals surface area (Å²) in [5, 5.41) is 0. The molecule has 0 N–H and O–H groups in total. The van der Waals surface area contributed by atoms with Gasteiger partial charge in [-0.25, -0.2) is 4.39 Å². The van der Waals surface area contributed by atoms with Gasteiger partial charge in [0.25, 0.3) is 5.91 Å². The summed E-state index contributed by atoms with van der Waals surface area (Å²) >= 11 is 0. The molecule has 0 radical (unpaired) electrons. The van der Waals surface area contributed by atoms with Crippen LogP contribution >= 0.6 is 0 Å². The van der Waals surface area contributed by atoms with Crippen LogP contribution < -0.4 is 9.64 Å². The highest BCUT2D eigenvalue weighted by Crippen LogP contribution is 2.17. The first kappa shape index (κ1) is 19.5. The molecule has 1 aromatic heterocycles. The molecule has 0 saturated carbocycles. The average molecular weight is 382 g/mol. The number of benzene rings is 2. The Labute approximate surface area is 163 Å². The maximum atomic E-state index is 12.9. The Morgan fingerprint density at radius 2 is 1.64 bits per heavy atom. The summed E-state index contributed by atoms with van der Waals surface area (Å²) in [5.41, 5.74) is 2.14. The number of ether oxygens (including phenoxy) is 1. The van der Waals surface area contributed by atoms with Crippen LogP contribution in [0.3, 0.4) is 0 Å². The van der Waals surface area contributed by atoms with Crippen LogP contribution in [-0.2, 0) is 13.2 Å². The SMILES string of the molecule is CN(Cc1ccc(N(C)C)cc1)C(=O)c1ccc(COc2ccc(F)cc2)o1. The Morgan fingerprint density at radius 3 is 2.29 bits per heavy atom. The fourth-order valence-corrected chi connectivity index (χ4v) is 2.69. The van der Waals surface area contributed by atoms with Crippen molar-refractivity contribution in [1.82, 2.24) is 4.90 Å². The first-order valence-corrected chi connectivity index (χ1v) is 8.91. The molecule has 0 fully saturated rings. The van der Waals surface area contributed by atoms with Crippen LogP contribution in [0, 0.1) is 5.82 Å². The predicted molar refractivity (Wildman–Crippen MR) is 106 cm³/mol. The van der Waals surface area contributed by atoms with Crippen molar-refractivity contribution in [1.29, 1.82) is 0 Å². The van der Waals surface area contributed by atoms with Crippen molar-refractivity contribution in [3.8, 4) is 5.75 Å². The maximum absolute atomic E-state index is 12.9. The second kappa shape index (κ2) is 8.61. The molecule has 0 spiro atoms. The van der Waals surface area contributed by atoms with Crippen LogP contribution in [0.15, 0.2) is 65.1 Å². The largest absolute Gasteiger partial charge is 0.486 e. The molecule has 6 heteroatoms. The smallest absolute Gasteiger partial charge is 0.289 e. The molecule has 0 saturated heterocycles. The molecule has 0 atom stereocenters. The third kappa shape index (κ3) is 4.91. The third-order valence-electron chi connectivity index (χ3n) is 4.29. The Morgan fingerprint density at radius 1 is 0.964 bits per heavy atom. The van der Waals surface area contributed by atoms with E-state index in [-0.39, 0.29) is 24.1 Å². The first-order chi connectivity index (χ1) is 13.4. The van der Waals surface area contributed by atoms with Crippen LogP contribution in [0.2, 0.25) is 0 Å². The summed E-state index contributed by atoms with van der Waals surface area (Å²) in [4.78, 5) is 16.2. The van der Waals surface area contributed by atoms with Gasteiger partial charge in [-0.05, 0) is 54.1 Å². The van der Waals surface area contributed by atoms with Crippen LogP contribution in [0.4, 0.5) is 10.1 Å². The van der Waals surface area contributed by atoms with E-state index in [0.29, 0.717) is 18.1 Å². The van der Waals surface area contributed by atoms with Crippen molar-refractivity contribution < 1.29 is 18.3 Å². The summed E-state index contributed by atoms with van der Waals surface area (Å²) in [6.45, 7) is 0.642. The number of furan rings is 1. The van der Waals surface area contributed by atoms with Gasteiger partial charge in [-0.3, -0.25) is 4.79 Å². The maximum Gasteiger partial charge on any atom is 0.289 e. The molecule has 1 heterocycles. The van der Waals surface area contributed by atoms with Crippen LogP contribution in [0.1, 0.15) is 21.9 Å². The standard InChI is InChI=1S/C22H23FN2O3/c1-24(2)18-8-4-16(5-9-18)14-25(3)22(26)21-13-12-20(28-21)15-27-19-10-6-17(23)7-11-19/h4-13H,14-15H2,1-3H3. The minimum absolute atomic E-state index is 0.161. The second-order valence-electron chi connectivity index (χ2n) is 6.73. The van der Waals surface area contributed by atoms with Gasteiger partial charge in [0, 0.05) is 33.4 Å². The van der Waals surface area contributed by atoms with E-state index in [0.717, 1.165) is 11.3 Å². The number of carbonyl (C=O) groups is 1. The normalized spacial score (nSPS) is 10.6. The van der Waals surface area contributed by atoms with Gasteiger partial charge in [0.15, 0.2) is 5.76 Å². The number of nitrogens with zero attached hydrogens (tertiary/aromatic N) is 2. The summed E-state index contributed by atoms with van der Waals surface area (Å²) < 4.78 is 24.1. The van der Waals surface area contributed by atoms with Crippen LogP contribution in [0.25, 0.3) is 0 Å². The minimum atomic E-state index is -0.322. The van der Waals surface area contributed by atoms with E-state index in [1.807, 2.05) is 43.3 Å². The quantitative estimate of drug-likeness (QED) is 0.610. The fourth-order valence-electron chi connectivity index (χ4n) is 2.69. The van der Waals surface area contributed by atoms with E-state index >= 15 is 0 Å². The summed E-state index contributed by atoms with van der Waals surface area (Å²) in [6, 6.07) is 17.1. The van der Waals surface area contributed by atoms with Gasteiger partial charge in [-0.15, -0.1) is 0 Å². The Bertz CT molecular complexity index is 918. The first-order valence-electron chi connectivity index (χ1n) is 8.91. The van der Waals surface area contributed by atoms with E-state index in [1.165, 1.54) is 12.1 Å². The van der Waals surface area contributed by atoms with Crippen LogP contribution in [-0.4, -0.2) is 32.0 Å². The second-order valence-corrected chi connectivity index (χ2v) is 6.73. The lowest BCUT2D eigenvalue weighted by molar-refractivity contribution is 0.0749. The predicted octanol–water partition coefficient (Wildman–Crippen LogP) is 4.34. The number of hydrogen-bond donors (Lipinski definition) is 0. The molecule has 3 aromatic rings. The molecule has 146 valence electrons. The highest BCUT2D eigenvalue weighted by molar-refractivity contribution is 5.91. The monoisotopic (exact) mass is 382 g/mol. The van der Waals surface area contributed by atoms with Crippen molar-refractivity contribution in [3.63, 3.8) is 0 Å². The zero-order valence-electron chi connectivity index (χ0n) is 16.2. The Hall–Kier alpha value is -3.28. The van der Waals surface area contributed by atoms with Crippen LogP contribution in [0.5, 0.6) is 5.75 Å². The van der Waals surface area contributed by atoms with Gasteiger partial charge < -0.3 is 19.0 Å². The lowest BCUT2D eigenvalue weighted by Crippen LogP contribution is -2.25. The average Bonchev–Trinajstić information content (AvgIpc) is 3.16. The van der Waals surface area contributed by atoms with E-state index in [1.54, 1.807) is 36.2 Å². The molecule has 0 aliphatic rings. The molecule has 5 nitrogen and oxygen atoms in total. The number of rotatable bonds is 7. The summed E-state index contributed by atoms with van der Waals surface area (Å²) in [5.74, 6) is 0.785. The zero-order chi connectivity index (χ0) is 20.1. The van der Waals surface area contributed by atoms with Gasteiger partial charge >= 0.3 is 0 Å². The Balaban J connectivity index is 1.57. The van der Waals surface area contributed by atoms with E-state index < -0.39 is 0 Å². The lowest BCUT2D eigenvalue weighted by atomic mass is 10.2. The topological polar surface area (TPSA) is 45.9 Å². The molecule has 2 aromatic carbocycles. The van der Waals surface area contributed by atoms with E-state index in [9.17, 15) is 9.18 Å². The van der Waals surface area contributed by atoms with Crippen molar-refractivity contribution in [2.45, 2.75) is 13.2 Å². The minimum Gasteiger partial charge on any atom is -0.486 e. The van der Waals surface area contributed by atoms with Crippen molar-refractivity contribution in [2.24, 2.45) is 0 Å². The summed E-state index contributed by atoms with van der Waals surface area (Å²) in [7, 11) is 5.71. The molecule has 0 bridgehead atoms. The number of amides is 1. The zero-order valence-corrected chi connectivity index (χ0v) is 16.2. The van der Waals surface area contributed by atoms with Gasteiger partial charge in [0.1, 0.15) is 23.9 Å². The third-order valence-corrected chi connectivity index (χ3v) is 4.29. The number of hydrogen-bond acceptors (Lipinski definition) is 4. The lowest BCUT2D eigenvalue weighted by Gasteiger charge is -2.17. The molecular weight excluding hydrogens is 359 g/mol. The summed E-state index contributed by atoms with van der Waals surface area (Å²) in [6.07, 6.45) is 0. The number of halogens is 1. The van der Waals surface area contributed by atoms with Gasteiger partial charge in [0.2, 0.25) is 0 Å². The van der Waals surface area contributed by atoms with E-state index in [4.69, 9.17) is 9.15 Å². The molecule has 0 aliphatic carbocycles. The molecule has 28 heavy (non-hydrogen) atoms. The number of anilines is 1. The van der Waals surface area contributed by atoms with Gasteiger partial charge in [-0.1, -0.05) is 12.1 Å². The van der Waals surface area contributed by atoms with Crippen molar-refractivity contribution >= 4 is 11.6 Å². The molecule has 1 amide bonds. The Kier molecular flexibility index (Phi) is 5.99. The van der Waals surface area contributed by atoms with Crippen molar-refractivity contribution in [2.75, 3.05) is 26.0 Å². The molecular formula is C22H23FN2O3.